The normalized spacial score (nSPS) is 10.3. The summed E-state index contributed by atoms with van der Waals surface area (Å²) in [5, 5.41) is 1.55. The highest BCUT2D eigenvalue weighted by Crippen LogP contribution is 2.30. The zero-order valence-electron chi connectivity index (χ0n) is 7.95. The van der Waals surface area contributed by atoms with Crippen LogP contribution in [0.15, 0.2) is 42.7 Å². The van der Waals surface area contributed by atoms with Gasteiger partial charge in [-0.2, -0.15) is 0 Å². The second-order valence-electron chi connectivity index (χ2n) is 3.15. The molecule has 15 heavy (non-hydrogen) atoms. The molecule has 2 aromatic rings. The molecule has 3 heteroatoms. The van der Waals surface area contributed by atoms with E-state index in [0.717, 1.165) is 27.0 Å². The van der Waals surface area contributed by atoms with E-state index in [-0.39, 0.29) is 0 Å². The molecule has 0 atom stereocenters. The predicted molar refractivity (Wildman–Crippen MR) is 67.3 cm³/mol. The number of halogens is 2. The fourth-order valence-corrected chi connectivity index (χ4v) is 2.16. The average molecular weight is 283 g/mol. The van der Waals surface area contributed by atoms with E-state index in [1.807, 2.05) is 36.5 Å². The van der Waals surface area contributed by atoms with E-state index in [1.165, 1.54) is 0 Å². The van der Waals surface area contributed by atoms with Gasteiger partial charge in [0.15, 0.2) is 0 Å². The number of hydrogen-bond donors (Lipinski definition) is 0. The van der Waals surface area contributed by atoms with E-state index < -0.39 is 0 Å². The lowest BCUT2D eigenvalue weighted by Crippen LogP contribution is -1.88. The minimum Gasteiger partial charge on any atom is -0.264 e. The number of hydrogen-bond acceptors (Lipinski definition) is 1. The summed E-state index contributed by atoms with van der Waals surface area (Å²) in [6, 6.07) is 9.82. The molecule has 0 unspecified atom stereocenters. The van der Waals surface area contributed by atoms with Gasteiger partial charge in [0.05, 0.1) is 0 Å². The molecule has 0 bridgehead atoms. The van der Waals surface area contributed by atoms with Crippen molar-refractivity contribution in [2.75, 3.05) is 0 Å². The Kier molecular flexibility index (Phi) is 3.39. The Balaban J connectivity index is 2.59. The molecule has 1 nitrogen and oxygen atoms in total. The van der Waals surface area contributed by atoms with Gasteiger partial charge in [0.1, 0.15) is 0 Å². The van der Waals surface area contributed by atoms with Gasteiger partial charge in [-0.3, -0.25) is 4.98 Å². The number of nitrogens with zero attached hydrogens (tertiary/aromatic N) is 1. The Morgan fingerprint density at radius 1 is 1.13 bits per heavy atom. The molecule has 0 spiro atoms. The number of benzene rings is 1. The van der Waals surface area contributed by atoms with Crippen LogP contribution in [0.3, 0.4) is 0 Å². The molecule has 0 aliphatic carbocycles. The van der Waals surface area contributed by atoms with Gasteiger partial charge >= 0.3 is 0 Å². The third-order valence-corrected chi connectivity index (χ3v) is 3.15. The molecule has 0 aliphatic heterocycles. The topological polar surface area (TPSA) is 12.9 Å². The molecule has 0 amide bonds. The van der Waals surface area contributed by atoms with E-state index >= 15 is 0 Å². The van der Waals surface area contributed by atoms with E-state index in [9.17, 15) is 0 Å². The van der Waals surface area contributed by atoms with Crippen molar-refractivity contribution < 1.29 is 0 Å². The first-order chi connectivity index (χ1) is 7.33. The van der Waals surface area contributed by atoms with Crippen LogP contribution in [-0.2, 0) is 5.33 Å². The number of alkyl halides is 1. The quantitative estimate of drug-likeness (QED) is 0.749. The fraction of sp³-hybridized carbons (Fsp3) is 0.0833. The number of pyridine rings is 1. The second kappa shape index (κ2) is 4.77. The maximum Gasteiger partial charge on any atom is 0.0484 e. The largest absolute Gasteiger partial charge is 0.264 e. The standard InChI is InChI=1S/C12H9BrClN/c13-7-9-8-15-6-5-10(9)11-3-1-2-4-12(11)14/h1-6,8H,7H2. The molecule has 1 aromatic carbocycles. The highest BCUT2D eigenvalue weighted by atomic mass is 79.9. The third-order valence-electron chi connectivity index (χ3n) is 2.21. The fourth-order valence-electron chi connectivity index (χ4n) is 1.48. The molecule has 0 saturated heterocycles. The van der Waals surface area contributed by atoms with Gasteiger partial charge < -0.3 is 0 Å². The summed E-state index contributed by atoms with van der Waals surface area (Å²) in [6.45, 7) is 0. The summed E-state index contributed by atoms with van der Waals surface area (Å²) in [6.07, 6.45) is 3.64. The molecule has 0 saturated carbocycles. The van der Waals surface area contributed by atoms with Gasteiger partial charge in [-0.1, -0.05) is 45.7 Å². The molecule has 0 fully saturated rings. The smallest absolute Gasteiger partial charge is 0.0484 e. The summed E-state index contributed by atoms with van der Waals surface area (Å²) in [7, 11) is 0. The monoisotopic (exact) mass is 281 g/mol. The summed E-state index contributed by atoms with van der Waals surface area (Å²) in [5.41, 5.74) is 3.33. The van der Waals surface area contributed by atoms with Crippen LogP contribution in [0.2, 0.25) is 5.02 Å². The zero-order chi connectivity index (χ0) is 10.7. The van der Waals surface area contributed by atoms with E-state index in [1.54, 1.807) is 6.20 Å². The van der Waals surface area contributed by atoms with Gasteiger partial charge in [-0.15, -0.1) is 0 Å². The first-order valence-electron chi connectivity index (χ1n) is 4.56. The van der Waals surface area contributed by atoms with E-state index in [2.05, 4.69) is 20.9 Å². The number of aromatic nitrogens is 1. The van der Waals surface area contributed by atoms with Crippen LogP contribution in [0.4, 0.5) is 0 Å². The molecule has 0 radical (unpaired) electrons. The van der Waals surface area contributed by atoms with Crippen molar-refractivity contribution in [1.29, 1.82) is 0 Å². The van der Waals surface area contributed by atoms with Crippen LogP contribution in [0.5, 0.6) is 0 Å². The first-order valence-corrected chi connectivity index (χ1v) is 6.06. The lowest BCUT2D eigenvalue weighted by Gasteiger charge is -2.07. The molecular weight excluding hydrogens is 273 g/mol. The van der Waals surface area contributed by atoms with Crippen LogP contribution in [0, 0.1) is 0 Å². The molecule has 1 heterocycles. The van der Waals surface area contributed by atoms with Gasteiger partial charge in [-0.25, -0.2) is 0 Å². The van der Waals surface area contributed by atoms with Gasteiger partial charge in [0.25, 0.3) is 0 Å². The minimum atomic E-state index is 0.769. The van der Waals surface area contributed by atoms with Crippen molar-refractivity contribution >= 4 is 27.5 Å². The highest BCUT2D eigenvalue weighted by Gasteiger charge is 2.06. The summed E-state index contributed by atoms with van der Waals surface area (Å²) in [4.78, 5) is 4.10. The van der Waals surface area contributed by atoms with Gasteiger partial charge in [-0.05, 0) is 23.3 Å². The van der Waals surface area contributed by atoms with Crippen LogP contribution >= 0.6 is 27.5 Å². The average Bonchev–Trinajstić information content (AvgIpc) is 2.30. The van der Waals surface area contributed by atoms with Crippen molar-refractivity contribution in [1.82, 2.24) is 4.98 Å². The lowest BCUT2D eigenvalue weighted by molar-refractivity contribution is 1.26. The molecule has 0 aliphatic rings. The van der Waals surface area contributed by atoms with E-state index in [4.69, 9.17) is 11.6 Å². The zero-order valence-corrected chi connectivity index (χ0v) is 10.3. The third kappa shape index (κ3) is 2.21. The van der Waals surface area contributed by atoms with Crippen molar-refractivity contribution in [3.63, 3.8) is 0 Å². The Morgan fingerprint density at radius 2 is 1.93 bits per heavy atom. The van der Waals surface area contributed by atoms with Crippen LogP contribution in [0.25, 0.3) is 11.1 Å². The number of rotatable bonds is 2. The van der Waals surface area contributed by atoms with Crippen LogP contribution in [0.1, 0.15) is 5.56 Å². The SMILES string of the molecule is Clc1ccccc1-c1ccncc1CBr. The Hall–Kier alpha value is -0.860. The molecule has 1 aromatic heterocycles. The lowest BCUT2D eigenvalue weighted by atomic mass is 10.0. The minimum absolute atomic E-state index is 0.769. The summed E-state index contributed by atoms with van der Waals surface area (Å²) >= 11 is 9.60. The highest BCUT2D eigenvalue weighted by molar-refractivity contribution is 9.08. The Bertz CT molecular complexity index is 471. The predicted octanol–water partition coefficient (Wildman–Crippen LogP) is 4.30. The van der Waals surface area contributed by atoms with Crippen molar-refractivity contribution in [3.8, 4) is 11.1 Å². The maximum atomic E-state index is 6.15. The second-order valence-corrected chi connectivity index (χ2v) is 4.11. The van der Waals surface area contributed by atoms with Crippen LogP contribution < -0.4 is 0 Å². The van der Waals surface area contributed by atoms with Gasteiger partial charge in [0, 0.05) is 28.3 Å². The Morgan fingerprint density at radius 3 is 2.67 bits per heavy atom. The Labute approximate surface area is 102 Å². The molecule has 0 N–H and O–H groups in total. The van der Waals surface area contributed by atoms with Crippen molar-refractivity contribution in [3.05, 3.63) is 53.3 Å². The maximum absolute atomic E-state index is 6.15. The van der Waals surface area contributed by atoms with Gasteiger partial charge in [0.2, 0.25) is 0 Å². The van der Waals surface area contributed by atoms with Crippen molar-refractivity contribution in [2.45, 2.75) is 5.33 Å². The molecular formula is C12H9BrClN. The van der Waals surface area contributed by atoms with E-state index in [0.29, 0.717) is 0 Å². The first kappa shape index (κ1) is 10.7. The molecule has 76 valence electrons. The molecule has 2 rings (SSSR count). The summed E-state index contributed by atoms with van der Waals surface area (Å²) < 4.78 is 0. The summed E-state index contributed by atoms with van der Waals surface area (Å²) in [5.74, 6) is 0. The van der Waals surface area contributed by atoms with Crippen molar-refractivity contribution in [2.24, 2.45) is 0 Å². The van der Waals surface area contributed by atoms with Crippen LogP contribution in [-0.4, -0.2) is 4.98 Å².